The fourth-order valence-electron chi connectivity index (χ4n) is 8.78. The molecule has 0 fully saturated rings. The highest BCUT2D eigenvalue weighted by atomic mass is 16.3. The van der Waals surface area contributed by atoms with Crippen LogP contribution < -0.4 is 0 Å². The topological polar surface area (TPSA) is 43.9 Å². The van der Waals surface area contributed by atoms with Crippen LogP contribution in [0.5, 0.6) is 0 Å². The molecule has 4 heteroatoms. The van der Waals surface area contributed by atoms with E-state index in [-0.39, 0.29) is 0 Å². The van der Waals surface area contributed by atoms with Gasteiger partial charge in [-0.05, 0) is 63.3 Å². The Balaban J connectivity index is 1.25. The van der Waals surface area contributed by atoms with Crippen LogP contribution in [-0.4, -0.2) is 14.5 Å². The zero-order valence-corrected chi connectivity index (χ0v) is 30.1. The molecule has 0 N–H and O–H groups in total. The maximum Gasteiger partial charge on any atom is 0.160 e. The molecule has 260 valence electrons. The summed E-state index contributed by atoms with van der Waals surface area (Å²) in [5, 5.41) is 11.7. The molecule has 3 heterocycles. The monoisotopic (exact) mass is 713 g/mol. The Labute approximate surface area is 321 Å². The van der Waals surface area contributed by atoms with E-state index in [2.05, 4.69) is 168 Å². The third-order valence-electron chi connectivity index (χ3n) is 11.4. The Morgan fingerprint density at radius 2 is 0.875 bits per heavy atom. The number of furan rings is 1. The van der Waals surface area contributed by atoms with E-state index in [1.54, 1.807) is 0 Å². The van der Waals surface area contributed by atoms with E-state index < -0.39 is 0 Å². The molecule has 0 radical (unpaired) electrons. The van der Waals surface area contributed by atoms with Gasteiger partial charge in [0.2, 0.25) is 0 Å². The predicted molar refractivity (Wildman–Crippen MR) is 232 cm³/mol. The van der Waals surface area contributed by atoms with Gasteiger partial charge in [-0.1, -0.05) is 152 Å². The molecule has 0 unspecified atom stereocenters. The van der Waals surface area contributed by atoms with Crippen molar-refractivity contribution in [2.75, 3.05) is 0 Å². The van der Waals surface area contributed by atoms with Gasteiger partial charge < -0.3 is 8.98 Å². The van der Waals surface area contributed by atoms with Crippen molar-refractivity contribution < 1.29 is 4.42 Å². The van der Waals surface area contributed by atoms with Crippen LogP contribution in [0.1, 0.15) is 0 Å². The Bertz CT molecular complexity index is 3380. The summed E-state index contributed by atoms with van der Waals surface area (Å²) in [7, 11) is 0. The smallest absolute Gasteiger partial charge is 0.160 e. The van der Waals surface area contributed by atoms with Crippen LogP contribution in [0.2, 0.25) is 0 Å². The number of aromatic nitrogens is 3. The lowest BCUT2D eigenvalue weighted by Crippen LogP contribution is -1.98. The van der Waals surface area contributed by atoms with Crippen molar-refractivity contribution in [3.8, 4) is 39.6 Å². The average molecular weight is 714 g/mol. The molecule has 3 aromatic heterocycles. The molecule has 0 amide bonds. The zero-order valence-electron chi connectivity index (χ0n) is 30.1. The minimum absolute atomic E-state index is 0.682. The first-order valence-corrected chi connectivity index (χ1v) is 19.0. The van der Waals surface area contributed by atoms with E-state index in [4.69, 9.17) is 14.4 Å². The van der Waals surface area contributed by atoms with Gasteiger partial charge in [-0.3, -0.25) is 0 Å². The summed E-state index contributed by atoms with van der Waals surface area (Å²) in [4.78, 5) is 10.4. The Kier molecular flexibility index (Phi) is 6.60. The van der Waals surface area contributed by atoms with E-state index in [9.17, 15) is 0 Å². The molecule has 9 aromatic carbocycles. The largest absolute Gasteiger partial charge is 0.453 e. The van der Waals surface area contributed by atoms with Gasteiger partial charge in [0.25, 0.3) is 0 Å². The fourth-order valence-corrected chi connectivity index (χ4v) is 8.78. The van der Waals surface area contributed by atoms with Crippen molar-refractivity contribution in [3.05, 3.63) is 188 Å². The van der Waals surface area contributed by atoms with Gasteiger partial charge in [0.15, 0.2) is 11.4 Å². The first kappa shape index (κ1) is 30.9. The first-order chi connectivity index (χ1) is 27.8. The Morgan fingerprint density at radius 3 is 1.52 bits per heavy atom. The second kappa shape index (κ2) is 12.0. The van der Waals surface area contributed by atoms with E-state index >= 15 is 0 Å². The van der Waals surface area contributed by atoms with Gasteiger partial charge in [0.1, 0.15) is 5.58 Å². The van der Waals surface area contributed by atoms with Crippen LogP contribution in [0.15, 0.2) is 192 Å². The van der Waals surface area contributed by atoms with Gasteiger partial charge in [0.05, 0.1) is 28.1 Å². The van der Waals surface area contributed by atoms with Crippen molar-refractivity contribution in [1.29, 1.82) is 0 Å². The number of hydrogen-bond donors (Lipinski definition) is 0. The summed E-state index contributed by atoms with van der Waals surface area (Å²) in [6.07, 6.45) is 0. The molecule has 56 heavy (non-hydrogen) atoms. The molecule has 0 atom stereocenters. The Morgan fingerprint density at radius 1 is 0.357 bits per heavy atom. The number of rotatable bonds is 4. The van der Waals surface area contributed by atoms with Gasteiger partial charge in [-0.25, -0.2) is 9.97 Å². The molecule has 0 spiro atoms. The molecule has 4 nitrogen and oxygen atoms in total. The normalized spacial score (nSPS) is 11.9. The van der Waals surface area contributed by atoms with E-state index in [1.807, 2.05) is 24.3 Å². The summed E-state index contributed by atoms with van der Waals surface area (Å²) in [6.45, 7) is 0. The van der Waals surface area contributed by atoms with Crippen LogP contribution in [0.4, 0.5) is 0 Å². The molecule has 0 saturated heterocycles. The number of fused-ring (bicyclic) bond motifs is 12. The van der Waals surface area contributed by atoms with Crippen molar-refractivity contribution in [2.45, 2.75) is 0 Å². The van der Waals surface area contributed by atoms with Gasteiger partial charge in [-0.2, -0.15) is 0 Å². The van der Waals surface area contributed by atoms with Crippen LogP contribution in [0, 0.1) is 0 Å². The fraction of sp³-hybridized carbons (Fsp3) is 0. The van der Waals surface area contributed by atoms with Gasteiger partial charge >= 0.3 is 0 Å². The average Bonchev–Trinajstić information content (AvgIpc) is 3.83. The van der Waals surface area contributed by atoms with E-state index in [0.717, 1.165) is 77.5 Å². The van der Waals surface area contributed by atoms with Crippen LogP contribution in [0.25, 0.3) is 116 Å². The molecule has 0 saturated carbocycles. The minimum atomic E-state index is 0.682. The second-order valence-corrected chi connectivity index (χ2v) is 14.5. The summed E-state index contributed by atoms with van der Waals surface area (Å²) in [6, 6.07) is 66.6. The standard InChI is InChI=1S/C52H31N3O/c1-3-16-35(17-4-1)43-31-44(54-52(53-43)36-18-5-2-6-19-36)37-29-42-41-26-23-34-15-9-12-22-40(34)50(41)56-51(42)47(30-37)55-45-27-24-32-13-7-10-20-38(32)48(45)49-39-21-11-8-14-33(39)25-28-46(49)55/h1-31H. The van der Waals surface area contributed by atoms with Gasteiger partial charge in [0, 0.05) is 43.6 Å². The van der Waals surface area contributed by atoms with Crippen molar-refractivity contribution in [3.63, 3.8) is 0 Å². The van der Waals surface area contributed by atoms with Crippen molar-refractivity contribution in [2.24, 2.45) is 0 Å². The predicted octanol–water partition coefficient (Wildman–Crippen LogP) is 13.9. The lowest BCUT2D eigenvalue weighted by Gasteiger charge is -2.13. The molecule has 0 aliphatic heterocycles. The molecule has 12 aromatic rings. The first-order valence-electron chi connectivity index (χ1n) is 19.0. The number of hydrogen-bond acceptors (Lipinski definition) is 3. The summed E-state index contributed by atoms with van der Waals surface area (Å²) < 4.78 is 9.53. The Hall–Kier alpha value is -7.56. The zero-order chi connectivity index (χ0) is 36.7. The lowest BCUT2D eigenvalue weighted by molar-refractivity contribution is 0.670. The number of benzene rings is 9. The quantitative estimate of drug-likeness (QED) is 0.182. The molecular formula is C52H31N3O. The van der Waals surface area contributed by atoms with Crippen molar-refractivity contribution in [1.82, 2.24) is 14.5 Å². The minimum Gasteiger partial charge on any atom is -0.453 e. The molecular weight excluding hydrogens is 683 g/mol. The van der Waals surface area contributed by atoms with E-state index in [0.29, 0.717) is 5.82 Å². The van der Waals surface area contributed by atoms with Gasteiger partial charge in [-0.15, -0.1) is 0 Å². The van der Waals surface area contributed by atoms with E-state index in [1.165, 1.54) is 32.3 Å². The summed E-state index contributed by atoms with van der Waals surface area (Å²) in [5.74, 6) is 0.682. The summed E-state index contributed by atoms with van der Waals surface area (Å²) in [5.41, 5.74) is 9.62. The summed E-state index contributed by atoms with van der Waals surface area (Å²) >= 11 is 0. The SMILES string of the molecule is c1ccc(-c2cc(-c3cc(-n4c5ccc6ccccc6c5c5c6ccccc6ccc54)c4oc5c6ccccc6ccc5c4c3)nc(-c3ccccc3)n2)cc1. The van der Waals surface area contributed by atoms with Crippen LogP contribution in [0.3, 0.4) is 0 Å². The highest BCUT2D eigenvalue weighted by Gasteiger charge is 2.23. The maximum absolute atomic E-state index is 7.12. The lowest BCUT2D eigenvalue weighted by atomic mass is 10.00. The second-order valence-electron chi connectivity index (χ2n) is 14.5. The molecule has 0 bridgehead atoms. The highest BCUT2D eigenvalue weighted by molar-refractivity contribution is 6.29. The highest BCUT2D eigenvalue weighted by Crippen LogP contribution is 2.45. The third kappa shape index (κ3) is 4.60. The maximum atomic E-state index is 7.12. The third-order valence-corrected chi connectivity index (χ3v) is 11.4. The van der Waals surface area contributed by atoms with Crippen molar-refractivity contribution >= 4 is 76.1 Å². The molecule has 12 rings (SSSR count). The van der Waals surface area contributed by atoms with Crippen LogP contribution >= 0.6 is 0 Å². The molecule has 0 aliphatic carbocycles. The number of nitrogens with zero attached hydrogens (tertiary/aromatic N) is 3. The molecule has 0 aliphatic rings. The van der Waals surface area contributed by atoms with Crippen LogP contribution in [-0.2, 0) is 0 Å².